The lowest BCUT2D eigenvalue weighted by atomic mass is 9.91. The average Bonchev–Trinajstić information content (AvgIpc) is 3.05. The maximum absolute atomic E-state index is 14.0. The summed E-state index contributed by atoms with van der Waals surface area (Å²) >= 11 is 6.02. The van der Waals surface area contributed by atoms with Crippen LogP contribution in [0.1, 0.15) is 36.6 Å². The zero-order valence-electron chi connectivity index (χ0n) is 18.0. The summed E-state index contributed by atoms with van der Waals surface area (Å²) in [7, 11) is 0. The first-order chi connectivity index (χ1) is 15.4. The molecule has 3 aromatic rings. The number of nitrogens with one attached hydrogen (secondary N) is 1. The Hall–Kier alpha value is -2.86. The Bertz CT molecular complexity index is 1160. The Balaban J connectivity index is 1.49. The van der Waals surface area contributed by atoms with E-state index >= 15 is 0 Å². The lowest BCUT2D eigenvalue weighted by Crippen LogP contribution is -2.39. The number of aryl methyl sites for hydroxylation is 1. The van der Waals surface area contributed by atoms with E-state index in [1.807, 2.05) is 28.8 Å². The fourth-order valence-corrected chi connectivity index (χ4v) is 4.72. The highest BCUT2D eigenvalue weighted by molar-refractivity contribution is 6.30. The number of carbonyl (C=O) groups excluding carboxylic acids is 2. The molecule has 168 valence electrons. The fraction of sp³-hybridized carbons (Fsp3) is 0.360. The minimum atomic E-state index is -0.318. The van der Waals surface area contributed by atoms with Crippen molar-refractivity contribution in [3.8, 4) is 0 Å². The van der Waals surface area contributed by atoms with Gasteiger partial charge in [-0.3, -0.25) is 9.59 Å². The van der Waals surface area contributed by atoms with Crippen LogP contribution in [0.3, 0.4) is 0 Å². The number of carbonyl (C=O) groups is 2. The number of hydrogen-bond acceptors (Lipinski definition) is 3. The Labute approximate surface area is 191 Å². The van der Waals surface area contributed by atoms with Gasteiger partial charge in [0, 0.05) is 34.1 Å². The first-order valence-electron chi connectivity index (χ1n) is 10.9. The second kappa shape index (κ2) is 9.74. The van der Waals surface area contributed by atoms with E-state index in [0.29, 0.717) is 37.3 Å². The van der Waals surface area contributed by atoms with Gasteiger partial charge >= 0.3 is 5.97 Å². The van der Waals surface area contributed by atoms with Crippen molar-refractivity contribution < 1.29 is 18.7 Å². The molecule has 0 radical (unpaired) electrons. The van der Waals surface area contributed by atoms with Gasteiger partial charge in [0.05, 0.1) is 6.61 Å². The van der Waals surface area contributed by atoms with E-state index in [2.05, 4.69) is 5.32 Å². The lowest BCUT2D eigenvalue weighted by molar-refractivity contribution is -0.143. The SMILES string of the molecule is CCOC(=O)Cn1c2c(c3cc(F)ccc31)C[C@@H](NC(=O)CCc1cccc(Cl)c1)CC2. The van der Waals surface area contributed by atoms with E-state index in [0.717, 1.165) is 34.1 Å². The third kappa shape index (κ3) is 4.96. The molecule has 1 N–H and O–H groups in total. The van der Waals surface area contributed by atoms with Crippen LogP contribution >= 0.6 is 11.6 Å². The van der Waals surface area contributed by atoms with E-state index in [-0.39, 0.29) is 30.3 Å². The Morgan fingerprint density at radius 1 is 1.25 bits per heavy atom. The molecule has 5 nitrogen and oxygen atoms in total. The van der Waals surface area contributed by atoms with Crippen molar-refractivity contribution >= 4 is 34.4 Å². The zero-order valence-corrected chi connectivity index (χ0v) is 18.8. The smallest absolute Gasteiger partial charge is 0.325 e. The van der Waals surface area contributed by atoms with E-state index in [4.69, 9.17) is 16.3 Å². The van der Waals surface area contributed by atoms with Gasteiger partial charge in [-0.05, 0) is 74.1 Å². The van der Waals surface area contributed by atoms with Gasteiger partial charge in [0.15, 0.2) is 0 Å². The van der Waals surface area contributed by atoms with Crippen molar-refractivity contribution in [1.82, 2.24) is 9.88 Å². The van der Waals surface area contributed by atoms with Gasteiger partial charge in [-0.15, -0.1) is 0 Å². The molecule has 0 saturated carbocycles. The van der Waals surface area contributed by atoms with Gasteiger partial charge in [-0.25, -0.2) is 4.39 Å². The summed E-state index contributed by atoms with van der Waals surface area (Å²) in [5.74, 6) is -0.644. The third-order valence-electron chi connectivity index (χ3n) is 5.92. The van der Waals surface area contributed by atoms with Gasteiger partial charge in [0.25, 0.3) is 0 Å². The number of esters is 1. The molecule has 0 saturated heterocycles. The van der Waals surface area contributed by atoms with Gasteiger partial charge in [-0.1, -0.05) is 23.7 Å². The maximum Gasteiger partial charge on any atom is 0.325 e. The molecule has 0 aliphatic heterocycles. The Kier molecular flexibility index (Phi) is 6.80. The number of halogens is 2. The molecule has 7 heteroatoms. The van der Waals surface area contributed by atoms with Gasteiger partial charge < -0.3 is 14.6 Å². The highest BCUT2D eigenvalue weighted by atomic mass is 35.5. The van der Waals surface area contributed by atoms with E-state index in [1.54, 1.807) is 13.0 Å². The standard InChI is InChI=1S/C25H26ClFN2O3/c1-2-32-25(31)15-29-22-9-7-18(27)13-20(22)21-14-19(8-10-23(21)29)28-24(30)11-6-16-4-3-5-17(26)12-16/h3-5,7,9,12-13,19H,2,6,8,10-11,14-15H2,1H3,(H,28,30)/t19-/m0/s1. The normalized spacial score (nSPS) is 15.4. The maximum atomic E-state index is 14.0. The van der Waals surface area contributed by atoms with E-state index < -0.39 is 0 Å². The van der Waals surface area contributed by atoms with Crippen molar-refractivity contribution in [2.75, 3.05) is 6.61 Å². The first-order valence-corrected chi connectivity index (χ1v) is 11.3. The second-order valence-electron chi connectivity index (χ2n) is 8.12. The van der Waals surface area contributed by atoms with Crippen LogP contribution in [0.25, 0.3) is 10.9 Å². The van der Waals surface area contributed by atoms with Crippen molar-refractivity contribution in [3.63, 3.8) is 0 Å². The molecule has 0 spiro atoms. The minimum Gasteiger partial charge on any atom is -0.465 e. The van der Waals surface area contributed by atoms with Crippen LogP contribution in [-0.4, -0.2) is 29.1 Å². The fourth-order valence-electron chi connectivity index (χ4n) is 4.51. The highest BCUT2D eigenvalue weighted by Crippen LogP contribution is 2.33. The molecule has 1 atom stereocenters. The Morgan fingerprint density at radius 3 is 2.88 bits per heavy atom. The molecule has 2 aromatic carbocycles. The number of amides is 1. The summed E-state index contributed by atoms with van der Waals surface area (Å²) < 4.78 is 21.1. The van der Waals surface area contributed by atoms with Crippen LogP contribution in [0.2, 0.25) is 5.02 Å². The minimum absolute atomic E-state index is 0.0140. The molecule has 1 aromatic heterocycles. The molecule has 1 amide bonds. The number of rotatable bonds is 7. The number of nitrogens with zero attached hydrogens (tertiary/aromatic N) is 1. The molecule has 0 unspecified atom stereocenters. The molecule has 0 fully saturated rings. The summed E-state index contributed by atoms with van der Waals surface area (Å²) in [4.78, 5) is 24.7. The topological polar surface area (TPSA) is 60.3 Å². The van der Waals surface area contributed by atoms with E-state index in [1.165, 1.54) is 12.1 Å². The number of hydrogen-bond donors (Lipinski definition) is 1. The van der Waals surface area contributed by atoms with Crippen molar-refractivity contribution in [3.05, 3.63) is 70.1 Å². The summed E-state index contributed by atoms with van der Waals surface area (Å²) in [5.41, 5.74) is 3.85. The van der Waals surface area contributed by atoms with Crippen LogP contribution in [-0.2, 0) is 40.1 Å². The van der Waals surface area contributed by atoms with Crippen LogP contribution in [0.15, 0.2) is 42.5 Å². The van der Waals surface area contributed by atoms with Gasteiger partial charge in [0.1, 0.15) is 12.4 Å². The van der Waals surface area contributed by atoms with Crippen LogP contribution < -0.4 is 5.32 Å². The molecule has 4 rings (SSSR count). The number of ether oxygens (including phenoxy) is 1. The summed E-state index contributed by atoms with van der Waals surface area (Å²) in [6.07, 6.45) is 3.06. The number of benzene rings is 2. The predicted molar refractivity (Wildman–Crippen MR) is 122 cm³/mol. The van der Waals surface area contributed by atoms with Crippen molar-refractivity contribution in [1.29, 1.82) is 0 Å². The number of aromatic nitrogens is 1. The molecule has 1 aliphatic rings. The lowest BCUT2D eigenvalue weighted by Gasteiger charge is -2.25. The average molecular weight is 457 g/mol. The van der Waals surface area contributed by atoms with Crippen molar-refractivity contribution in [2.24, 2.45) is 0 Å². The van der Waals surface area contributed by atoms with E-state index in [9.17, 15) is 14.0 Å². The molecular weight excluding hydrogens is 431 g/mol. The third-order valence-corrected chi connectivity index (χ3v) is 6.15. The first kappa shape index (κ1) is 22.3. The summed E-state index contributed by atoms with van der Waals surface area (Å²) in [6, 6.07) is 12.1. The monoisotopic (exact) mass is 456 g/mol. The molecular formula is C25H26ClFN2O3. The van der Waals surface area contributed by atoms with Gasteiger partial charge in [0.2, 0.25) is 5.91 Å². The van der Waals surface area contributed by atoms with Gasteiger partial charge in [-0.2, -0.15) is 0 Å². The second-order valence-corrected chi connectivity index (χ2v) is 8.55. The zero-order chi connectivity index (χ0) is 22.7. The summed E-state index contributed by atoms with van der Waals surface area (Å²) in [6.45, 7) is 2.19. The number of fused-ring (bicyclic) bond motifs is 3. The quantitative estimate of drug-likeness (QED) is 0.528. The largest absolute Gasteiger partial charge is 0.465 e. The molecule has 32 heavy (non-hydrogen) atoms. The predicted octanol–water partition coefficient (Wildman–Crippen LogP) is 4.60. The summed E-state index contributed by atoms with van der Waals surface area (Å²) in [5, 5.41) is 4.58. The molecule has 1 aliphatic carbocycles. The van der Waals surface area contributed by atoms with Crippen LogP contribution in [0.5, 0.6) is 0 Å². The van der Waals surface area contributed by atoms with Crippen molar-refractivity contribution in [2.45, 2.75) is 51.6 Å². The van der Waals surface area contributed by atoms with Crippen LogP contribution in [0.4, 0.5) is 4.39 Å². The highest BCUT2D eigenvalue weighted by Gasteiger charge is 2.27. The van der Waals surface area contributed by atoms with Crippen LogP contribution in [0, 0.1) is 5.82 Å². The molecule has 1 heterocycles. The Morgan fingerprint density at radius 2 is 2.09 bits per heavy atom. The molecule has 0 bridgehead atoms.